The summed E-state index contributed by atoms with van der Waals surface area (Å²) < 4.78 is 4.66. The first kappa shape index (κ1) is 12.1. The molecule has 15 heavy (non-hydrogen) atoms. The molecule has 1 aromatic carbocycles. The summed E-state index contributed by atoms with van der Waals surface area (Å²) >= 11 is 1.76. The lowest BCUT2D eigenvalue weighted by molar-refractivity contribution is -0.143. The van der Waals surface area contributed by atoms with E-state index in [9.17, 15) is 4.79 Å². The maximum absolute atomic E-state index is 11.1. The second kappa shape index (κ2) is 6.51. The van der Waals surface area contributed by atoms with Crippen LogP contribution < -0.4 is 0 Å². The average Bonchev–Trinajstić information content (AvgIpc) is 2.29. The van der Waals surface area contributed by atoms with Crippen LogP contribution in [0.3, 0.4) is 0 Å². The Morgan fingerprint density at radius 2 is 2.07 bits per heavy atom. The van der Waals surface area contributed by atoms with Crippen molar-refractivity contribution < 1.29 is 9.53 Å². The predicted molar refractivity (Wildman–Crippen MR) is 63.8 cm³/mol. The van der Waals surface area contributed by atoms with Gasteiger partial charge in [-0.2, -0.15) is 11.8 Å². The van der Waals surface area contributed by atoms with E-state index in [-0.39, 0.29) is 11.9 Å². The van der Waals surface area contributed by atoms with Gasteiger partial charge in [0.25, 0.3) is 0 Å². The van der Waals surface area contributed by atoms with Crippen molar-refractivity contribution in [3.05, 3.63) is 35.9 Å². The number of esters is 1. The van der Waals surface area contributed by atoms with E-state index in [1.807, 2.05) is 25.1 Å². The Balaban J connectivity index is 2.25. The SMILES string of the molecule is COC(=O)C(C)CSCc1ccccc1. The fourth-order valence-electron chi connectivity index (χ4n) is 1.20. The number of hydrogen-bond acceptors (Lipinski definition) is 3. The maximum atomic E-state index is 11.1. The maximum Gasteiger partial charge on any atom is 0.309 e. The molecule has 3 heteroatoms. The number of benzene rings is 1. The zero-order chi connectivity index (χ0) is 11.1. The van der Waals surface area contributed by atoms with Crippen molar-refractivity contribution >= 4 is 17.7 Å². The summed E-state index contributed by atoms with van der Waals surface area (Å²) in [7, 11) is 1.43. The van der Waals surface area contributed by atoms with E-state index >= 15 is 0 Å². The molecular formula is C12H16O2S. The third-order valence-electron chi connectivity index (χ3n) is 2.08. The smallest absolute Gasteiger partial charge is 0.309 e. The van der Waals surface area contributed by atoms with Gasteiger partial charge in [-0.25, -0.2) is 0 Å². The van der Waals surface area contributed by atoms with Gasteiger partial charge in [0.1, 0.15) is 0 Å². The first-order chi connectivity index (χ1) is 7.24. The first-order valence-electron chi connectivity index (χ1n) is 4.93. The molecule has 0 aliphatic rings. The van der Waals surface area contributed by atoms with Gasteiger partial charge in [0, 0.05) is 11.5 Å². The molecule has 0 aliphatic carbocycles. The van der Waals surface area contributed by atoms with Crippen molar-refractivity contribution in [1.29, 1.82) is 0 Å². The van der Waals surface area contributed by atoms with Crippen molar-refractivity contribution in [3.63, 3.8) is 0 Å². The van der Waals surface area contributed by atoms with Crippen LogP contribution in [-0.2, 0) is 15.3 Å². The van der Waals surface area contributed by atoms with Gasteiger partial charge in [0.05, 0.1) is 13.0 Å². The van der Waals surface area contributed by atoms with Crippen molar-refractivity contribution in [2.75, 3.05) is 12.9 Å². The second-order valence-corrected chi connectivity index (χ2v) is 4.46. The van der Waals surface area contributed by atoms with E-state index in [1.165, 1.54) is 12.7 Å². The number of methoxy groups -OCH3 is 1. The summed E-state index contributed by atoms with van der Waals surface area (Å²) in [6, 6.07) is 10.2. The van der Waals surface area contributed by atoms with Crippen LogP contribution in [0.25, 0.3) is 0 Å². The number of carbonyl (C=O) groups excluding carboxylic acids is 1. The Bertz CT molecular complexity index is 298. The standard InChI is InChI=1S/C12H16O2S/c1-10(12(13)14-2)8-15-9-11-6-4-3-5-7-11/h3-7,10H,8-9H2,1-2H3. The lowest BCUT2D eigenvalue weighted by Crippen LogP contribution is -2.14. The quantitative estimate of drug-likeness (QED) is 0.719. The molecule has 0 N–H and O–H groups in total. The van der Waals surface area contributed by atoms with Gasteiger partial charge in [-0.05, 0) is 5.56 Å². The predicted octanol–water partition coefficient (Wildman–Crippen LogP) is 2.73. The molecule has 0 spiro atoms. The highest BCUT2D eigenvalue weighted by Crippen LogP contribution is 2.15. The monoisotopic (exact) mass is 224 g/mol. The summed E-state index contributed by atoms with van der Waals surface area (Å²) in [6.45, 7) is 1.89. The lowest BCUT2D eigenvalue weighted by Gasteiger charge is -2.08. The number of ether oxygens (including phenoxy) is 1. The fraction of sp³-hybridized carbons (Fsp3) is 0.417. The van der Waals surface area contributed by atoms with Crippen LogP contribution >= 0.6 is 11.8 Å². The Hall–Kier alpha value is -0.960. The third-order valence-corrected chi connectivity index (χ3v) is 3.36. The van der Waals surface area contributed by atoms with Gasteiger partial charge >= 0.3 is 5.97 Å². The normalized spacial score (nSPS) is 12.1. The molecule has 0 aliphatic heterocycles. The summed E-state index contributed by atoms with van der Waals surface area (Å²) in [4.78, 5) is 11.1. The Labute approximate surface area is 95.0 Å². The topological polar surface area (TPSA) is 26.3 Å². The molecular weight excluding hydrogens is 208 g/mol. The van der Waals surface area contributed by atoms with Crippen molar-refractivity contribution in [1.82, 2.24) is 0 Å². The molecule has 82 valence electrons. The van der Waals surface area contributed by atoms with Crippen molar-refractivity contribution in [2.45, 2.75) is 12.7 Å². The molecule has 1 rings (SSSR count). The lowest BCUT2D eigenvalue weighted by atomic mass is 10.2. The van der Waals surface area contributed by atoms with Gasteiger partial charge in [0.15, 0.2) is 0 Å². The highest BCUT2D eigenvalue weighted by molar-refractivity contribution is 7.98. The van der Waals surface area contributed by atoms with Crippen LogP contribution in [0.15, 0.2) is 30.3 Å². The number of thioether (sulfide) groups is 1. The zero-order valence-electron chi connectivity index (χ0n) is 9.10. The minimum atomic E-state index is -0.129. The molecule has 1 atom stereocenters. The van der Waals surface area contributed by atoms with Crippen LogP contribution in [0.5, 0.6) is 0 Å². The summed E-state index contributed by atoms with van der Waals surface area (Å²) in [6.07, 6.45) is 0. The molecule has 0 radical (unpaired) electrons. The van der Waals surface area contributed by atoms with Crippen molar-refractivity contribution in [2.24, 2.45) is 5.92 Å². The van der Waals surface area contributed by atoms with Crippen LogP contribution in [0.4, 0.5) is 0 Å². The molecule has 1 unspecified atom stereocenters. The molecule has 1 aromatic rings. The average molecular weight is 224 g/mol. The summed E-state index contributed by atoms with van der Waals surface area (Å²) in [5.41, 5.74) is 1.29. The molecule has 0 saturated heterocycles. The van der Waals surface area contributed by atoms with E-state index in [0.717, 1.165) is 11.5 Å². The third kappa shape index (κ3) is 4.38. The molecule has 0 bridgehead atoms. The van der Waals surface area contributed by atoms with Gasteiger partial charge < -0.3 is 4.74 Å². The van der Waals surface area contributed by atoms with Crippen LogP contribution in [-0.4, -0.2) is 18.8 Å². The summed E-state index contributed by atoms with van der Waals surface area (Å²) in [5, 5.41) is 0. The van der Waals surface area contributed by atoms with Crippen molar-refractivity contribution in [3.8, 4) is 0 Å². The summed E-state index contributed by atoms with van der Waals surface area (Å²) in [5.74, 6) is 1.60. The fourth-order valence-corrected chi connectivity index (χ4v) is 2.23. The van der Waals surface area contributed by atoms with Crippen LogP contribution in [0.2, 0.25) is 0 Å². The molecule has 0 amide bonds. The van der Waals surface area contributed by atoms with Crippen LogP contribution in [0.1, 0.15) is 12.5 Å². The van der Waals surface area contributed by atoms with E-state index < -0.39 is 0 Å². The highest BCUT2D eigenvalue weighted by atomic mass is 32.2. The Kier molecular flexibility index (Phi) is 5.26. The molecule has 0 saturated carbocycles. The van der Waals surface area contributed by atoms with E-state index in [0.29, 0.717) is 0 Å². The molecule has 0 aromatic heterocycles. The van der Waals surface area contributed by atoms with Gasteiger partial charge in [-0.3, -0.25) is 4.79 Å². The second-order valence-electron chi connectivity index (χ2n) is 3.42. The minimum absolute atomic E-state index is 0.0243. The zero-order valence-corrected chi connectivity index (χ0v) is 9.92. The Morgan fingerprint density at radius 3 is 2.67 bits per heavy atom. The molecule has 0 fully saturated rings. The van der Waals surface area contributed by atoms with E-state index in [1.54, 1.807) is 11.8 Å². The number of hydrogen-bond donors (Lipinski definition) is 0. The highest BCUT2D eigenvalue weighted by Gasteiger charge is 2.12. The van der Waals surface area contributed by atoms with Crippen LogP contribution in [0, 0.1) is 5.92 Å². The first-order valence-corrected chi connectivity index (χ1v) is 6.09. The number of carbonyl (C=O) groups is 1. The van der Waals surface area contributed by atoms with E-state index in [2.05, 4.69) is 16.9 Å². The van der Waals surface area contributed by atoms with Gasteiger partial charge in [-0.15, -0.1) is 0 Å². The largest absolute Gasteiger partial charge is 0.469 e. The minimum Gasteiger partial charge on any atom is -0.469 e. The van der Waals surface area contributed by atoms with Gasteiger partial charge in [0.2, 0.25) is 0 Å². The van der Waals surface area contributed by atoms with Gasteiger partial charge in [-0.1, -0.05) is 37.3 Å². The number of rotatable bonds is 5. The molecule has 2 nitrogen and oxygen atoms in total. The Morgan fingerprint density at radius 1 is 1.40 bits per heavy atom. The molecule has 0 heterocycles. The van der Waals surface area contributed by atoms with E-state index in [4.69, 9.17) is 0 Å².